The van der Waals surface area contributed by atoms with E-state index in [2.05, 4.69) is 4.99 Å². The normalized spacial score (nSPS) is 15.5. The Morgan fingerprint density at radius 1 is 1.21 bits per heavy atom. The van der Waals surface area contributed by atoms with Crippen LogP contribution in [0.5, 0.6) is 5.75 Å². The molecule has 184 valence electrons. The van der Waals surface area contributed by atoms with Crippen LogP contribution in [0, 0.1) is 0 Å². The first-order valence-electron chi connectivity index (χ1n) is 11.2. The molecular weight excluding hydrogens is 447 g/mol. The van der Waals surface area contributed by atoms with Crippen molar-refractivity contribution in [2.75, 3.05) is 13.7 Å². The highest BCUT2D eigenvalue weighted by Gasteiger charge is 2.41. The summed E-state index contributed by atoms with van der Waals surface area (Å²) in [4.78, 5) is 16.6. The number of hydrogen-bond acceptors (Lipinski definition) is 4. The molecule has 8 heteroatoms. The molecule has 1 N–H and O–H groups in total. The summed E-state index contributed by atoms with van der Waals surface area (Å²) in [7, 11) is 1.57. The zero-order valence-corrected chi connectivity index (χ0v) is 20.0. The van der Waals surface area contributed by atoms with Gasteiger partial charge >= 0.3 is 12.1 Å². The lowest BCUT2D eigenvalue weighted by atomic mass is 9.84. The smallest absolute Gasteiger partial charge is 0.416 e. The van der Waals surface area contributed by atoms with Gasteiger partial charge < -0.3 is 14.6 Å². The Hall–Kier alpha value is -2.87. The minimum absolute atomic E-state index is 0.169. The predicted molar refractivity (Wildman–Crippen MR) is 125 cm³/mol. The molecule has 2 aromatic rings. The van der Waals surface area contributed by atoms with E-state index in [0.717, 1.165) is 24.5 Å². The van der Waals surface area contributed by atoms with E-state index in [1.54, 1.807) is 46.0 Å². The van der Waals surface area contributed by atoms with Gasteiger partial charge in [-0.1, -0.05) is 19.1 Å². The molecule has 0 spiro atoms. The van der Waals surface area contributed by atoms with Crippen molar-refractivity contribution in [2.45, 2.75) is 64.8 Å². The zero-order valence-electron chi connectivity index (χ0n) is 20.0. The standard InChI is InChI=1S/C26H30F3NO4/c1-6-19(30-5)17-10-11-18(26(27,28)29)22(23(24(31)32)34-25(2,3)4)21(17)16-9-12-20-15(14-16)8-7-13-33-20/h9-12,14,23H,6-8,13H2,1-5H3,(H,31,32). The number of aliphatic imine (C=N–C) groups is 1. The van der Waals surface area contributed by atoms with Crippen LogP contribution in [0.4, 0.5) is 13.2 Å². The van der Waals surface area contributed by atoms with Gasteiger partial charge in [-0.05, 0) is 74.9 Å². The number of carboxylic acids is 1. The lowest BCUT2D eigenvalue weighted by Gasteiger charge is -2.30. The van der Waals surface area contributed by atoms with E-state index in [1.165, 1.54) is 6.07 Å². The number of halogens is 3. The third-order valence-corrected chi connectivity index (χ3v) is 5.62. The second-order valence-corrected chi connectivity index (χ2v) is 9.19. The quantitative estimate of drug-likeness (QED) is 0.485. The molecule has 0 saturated heterocycles. The lowest BCUT2D eigenvalue weighted by molar-refractivity contribution is -0.163. The van der Waals surface area contributed by atoms with Gasteiger partial charge in [0.2, 0.25) is 0 Å². The van der Waals surface area contributed by atoms with Gasteiger partial charge in [-0.15, -0.1) is 0 Å². The summed E-state index contributed by atoms with van der Waals surface area (Å²) in [6.45, 7) is 7.27. The van der Waals surface area contributed by atoms with E-state index in [-0.39, 0.29) is 5.56 Å². The fraction of sp³-hybridized carbons (Fsp3) is 0.462. The molecule has 0 radical (unpaired) electrons. The van der Waals surface area contributed by atoms with E-state index in [0.29, 0.717) is 35.6 Å². The van der Waals surface area contributed by atoms with Gasteiger partial charge in [0.05, 0.1) is 17.8 Å². The molecule has 0 aliphatic carbocycles. The van der Waals surface area contributed by atoms with Crippen LogP contribution in [-0.2, 0) is 22.1 Å². The molecule has 0 fully saturated rings. The lowest BCUT2D eigenvalue weighted by Crippen LogP contribution is -2.30. The van der Waals surface area contributed by atoms with Crippen LogP contribution in [0.2, 0.25) is 0 Å². The predicted octanol–water partition coefficient (Wildman–Crippen LogP) is 6.47. The van der Waals surface area contributed by atoms with E-state index < -0.39 is 35.0 Å². The number of carbonyl (C=O) groups is 1. The first-order chi connectivity index (χ1) is 15.9. The number of aryl methyl sites for hydroxylation is 1. The summed E-state index contributed by atoms with van der Waals surface area (Å²) < 4.78 is 54.2. The van der Waals surface area contributed by atoms with Gasteiger partial charge in [0.25, 0.3) is 0 Å². The van der Waals surface area contributed by atoms with Crippen LogP contribution in [0.3, 0.4) is 0 Å². The van der Waals surface area contributed by atoms with E-state index >= 15 is 0 Å². The maximum atomic E-state index is 14.3. The number of benzene rings is 2. The van der Waals surface area contributed by atoms with Crippen molar-refractivity contribution in [2.24, 2.45) is 4.99 Å². The highest BCUT2D eigenvalue weighted by atomic mass is 19.4. The molecule has 1 heterocycles. The number of aliphatic carboxylic acids is 1. The SMILES string of the molecule is CCC(=NC)c1ccc(C(F)(F)F)c(C(OC(C)(C)C)C(=O)O)c1-c1ccc2c(c1)CCCO2. The van der Waals surface area contributed by atoms with Gasteiger partial charge in [-0.3, -0.25) is 4.99 Å². The van der Waals surface area contributed by atoms with Crippen molar-refractivity contribution in [3.8, 4) is 16.9 Å². The van der Waals surface area contributed by atoms with Crippen molar-refractivity contribution >= 4 is 11.7 Å². The average molecular weight is 478 g/mol. The van der Waals surface area contributed by atoms with Crippen molar-refractivity contribution in [3.05, 3.63) is 52.6 Å². The van der Waals surface area contributed by atoms with Crippen LogP contribution in [0.25, 0.3) is 11.1 Å². The average Bonchev–Trinajstić information content (AvgIpc) is 2.76. The first-order valence-corrected chi connectivity index (χ1v) is 11.2. The molecule has 34 heavy (non-hydrogen) atoms. The fourth-order valence-electron chi connectivity index (χ4n) is 4.26. The van der Waals surface area contributed by atoms with Gasteiger partial charge in [0.1, 0.15) is 5.75 Å². The van der Waals surface area contributed by atoms with Crippen LogP contribution in [-0.4, -0.2) is 36.0 Å². The minimum atomic E-state index is -4.79. The second kappa shape index (κ2) is 9.78. The van der Waals surface area contributed by atoms with E-state index in [4.69, 9.17) is 9.47 Å². The number of nitrogens with zero attached hydrogens (tertiary/aromatic N) is 1. The number of rotatable bonds is 6. The summed E-state index contributed by atoms with van der Waals surface area (Å²) in [6, 6.07) is 7.49. The highest BCUT2D eigenvalue weighted by Crippen LogP contribution is 2.45. The summed E-state index contributed by atoms with van der Waals surface area (Å²) in [5.74, 6) is -0.808. The number of carboxylic acid groups (broad SMARTS) is 1. The molecular formula is C26H30F3NO4. The second-order valence-electron chi connectivity index (χ2n) is 9.19. The largest absolute Gasteiger partial charge is 0.493 e. The van der Waals surface area contributed by atoms with Gasteiger partial charge in [0, 0.05) is 23.9 Å². The van der Waals surface area contributed by atoms with Crippen molar-refractivity contribution in [3.63, 3.8) is 0 Å². The van der Waals surface area contributed by atoms with E-state index in [1.807, 2.05) is 6.92 Å². The third-order valence-electron chi connectivity index (χ3n) is 5.62. The van der Waals surface area contributed by atoms with Crippen molar-refractivity contribution < 1.29 is 32.5 Å². The maximum absolute atomic E-state index is 14.3. The molecule has 2 aromatic carbocycles. The monoisotopic (exact) mass is 477 g/mol. The molecule has 3 rings (SSSR count). The van der Waals surface area contributed by atoms with Crippen LogP contribution < -0.4 is 4.74 Å². The Bertz CT molecular complexity index is 1100. The molecule has 0 aromatic heterocycles. The number of fused-ring (bicyclic) bond motifs is 1. The van der Waals surface area contributed by atoms with Crippen molar-refractivity contribution in [1.29, 1.82) is 0 Å². The Kier molecular flexibility index (Phi) is 7.41. The number of ether oxygens (including phenoxy) is 2. The highest BCUT2D eigenvalue weighted by molar-refractivity contribution is 6.07. The summed E-state index contributed by atoms with van der Waals surface area (Å²) in [6.07, 6.45) is -4.66. The Labute approximate surface area is 197 Å². The fourth-order valence-corrected chi connectivity index (χ4v) is 4.26. The number of alkyl halides is 3. The topological polar surface area (TPSA) is 68.1 Å². The molecule has 5 nitrogen and oxygen atoms in total. The van der Waals surface area contributed by atoms with Gasteiger partial charge in [0.15, 0.2) is 6.10 Å². The zero-order chi connectivity index (χ0) is 25.3. The summed E-state index contributed by atoms with van der Waals surface area (Å²) in [5.41, 5.74) is 0.0681. The Balaban J connectivity index is 2.45. The van der Waals surface area contributed by atoms with Crippen LogP contribution in [0.1, 0.15) is 68.9 Å². The molecule has 1 unspecified atom stereocenters. The summed E-state index contributed by atoms with van der Waals surface area (Å²) in [5, 5.41) is 10.0. The third kappa shape index (κ3) is 5.43. The van der Waals surface area contributed by atoms with Gasteiger partial charge in [-0.25, -0.2) is 4.79 Å². The molecule has 1 aliphatic heterocycles. The first kappa shape index (κ1) is 25.7. The minimum Gasteiger partial charge on any atom is -0.493 e. The van der Waals surface area contributed by atoms with Crippen LogP contribution in [0.15, 0.2) is 35.3 Å². The molecule has 1 atom stereocenters. The molecule has 0 bridgehead atoms. The number of hydrogen-bond donors (Lipinski definition) is 1. The Morgan fingerprint density at radius 3 is 2.47 bits per heavy atom. The molecule has 0 saturated carbocycles. The van der Waals surface area contributed by atoms with E-state index in [9.17, 15) is 23.1 Å². The Morgan fingerprint density at radius 2 is 1.91 bits per heavy atom. The maximum Gasteiger partial charge on any atom is 0.416 e. The molecule has 1 aliphatic rings. The van der Waals surface area contributed by atoms with Crippen LogP contribution >= 0.6 is 0 Å². The van der Waals surface area contributed by atoms with Gasteiger partial charge in [-0.2, -0.15) is 13.2 Å². The summed E-state index contributed by atoms with van der Waals surface area (Å²) >= 11 is 0. The van der Waals surface area contributed by atoms with Crippen molar-refractivity contribution in [1.82, 2.24) is 0 Å². The molecule has 0 amide bonds.